The van der Waals surface area contributed by atoms with Gasteiger partial charge in [0, 0.05) is 36.2 Å². The summed E-state index contributed by atoms with van der Waals surface area (Å²) in [4.78, 5) is 18.8. The summed E-state index contributed by atoms with van der Waals surface area (Å²) in [5.41, 5.74) is 3.06. The number of anilines is 1. The number of pyridine rings is 1. The minimum Gasteiger partial charge on any atom is -0.305 e. The fourth-order valence-corrected chi connectivity index (χ4v) is 4.63. The van der Waals surface area contributed by atoms with Crippen LogP contribution in [0.25, 0.3) is 0 Å². The average molecular weight is 407 g/mol. The molecule has 7 heteroatoms. The molecule has 1 atom stereocenters. The molecule has 1 amide bonds. The largest absolute Gasteiger partial charge is 0.305 e. The van der Waals surface area contributed by atoms with Crippen LogP contribution >= 0.6 is 0 Å². The number of nitrogens with one attached hydrogen (secondary N) is 1. The molecule has 2 heterocycles. The molecule has 0 spiro atoms. The van der Waals surface area contributed by atoms with E-state index in [-0.39, 0.29) is 23.4 Å². The number of carbonyl (C=O) groups excluding carboxylic acids is 1. The van der Waals surface area contributed by atoms with Crippen LogP contribution in [-0.4, -0.2) is 25.4 Å². The van der Waals surface area contributed by atoms with E-state index in [0.717, 1.165) is 16.8 Å². The molecule has 1 aromatic heterocycles. The van der Waals surface area contributed by atoms with E-state index in [1.807, 2.05) is 25.1 Å². The van der Waals surface area contributed by atoms with E-state index in [9.17, 15) is 13.2 Å². The Kier molecular flexibility index (Phi) is 5.17. The molecule has 0 bridgehead atoms. The lowest BCUT2D eigenvalue weighted by Crippen LogP contribution is -2.35. The standard InChI is InChI=1S/C22H21N3O3S/c1-16-13-19-14-20(29(27,28)24-15-17-9-11-23-12-10-17)7-8-21(19)25(16)22(26)18-5-3-2-4-6-18/h2-12,14,16,24H,13,15H2,1H3. The van der Waals surface area contributed by atoms with Gasteiger partial charge in [0.2, 0.25) is 10.0 Å². The third-order valence-corrected chi connectivity index (χ3v) is 6.43. The zero-order chi connectivity index (χ0) is 20.4. The van der Waals surface area contributed by atoms with Gasteiger partial charge in [0.15, 0.2) is 0 Å². The van der Waals surface area contributed by atoms with E-state index in [2.05, 4.69) is 9.71 Å². The van der Waals surface area contributed by atoms with Gasteiger partial charge in [-0.15, -0.1) is 0 Å². The summed E-state index contributed by atoms with van der Waals surface area (Å²) in [6, 6.07) is 17.5. The number of amides is 1. The first-order valence-corrected chi connectivity index (χ1v) is 10.8. The second kappa shape index (κ2) is 7.77. The first-order chi connectivity index (χ1) is 14.0. The first kappa shape index (κ1) is 19.3. The number of aromatic nitrogens is 1. The summed E-state index contributed by atoms with van der Waals surface area (Å²) < 4.78 is 28.1. The molecule has 0 saturated heterocycles. The lowest BCUT2D eigenvalue weighted by molar-refractivity contribution is 0.0981. The Bertz CT molecular complexity index is 1130. The summed E-state index contributed by atoms with van der Waals surface area (Å²) >= 11 is 0. The Morgan fingerprint density at radius 3 is 2.55 bits per heavy atom. The molecule has 0 fully saturated rings. The monoisotopic (exact) mass is 407 g/mol. The van der Waals surface area contributed by atoms with Crippen LogP contribution in [0.15, 0.2) is 78.0 Å². The van der Waals surface area contributed by atoms with Crippen LogP contribution in [0.3, 0.4) is 0 Å². The highest BCUT2D eigenvalue weighted by Crippen LogP contribution is 2.35. The van der Waals surface area contributed by atoms with Gasteiger partial charge in [0.1, 0.15) is 0 Å². The van der Waals surface area contributed by atoms with E-state index >= 15 is 0 Å². The minimum atomic E-state index is -3.66. The SMILES string of the molecule is CC1Cc2cc(S(=O)(=O)NCc3ccncc3)ccc2N1C(=O)c1ccccc1. The first-order valence-electron chi connectivity index (χ1n) is 9.36. The Balaban J connectivity index is 1.58. The van der Waals surface area contributed by atoms with E-state index in [1.165, 1.54) is 0 Å². The van der Waals surface area contributed by atoms with Crippen LogP contribution in [0, 0.1) is 0 Å². The van der Waals surface area contributed by atoms with Gasteiger partial charge < -0.3 is 4.90 Å². The van der Waals surface area contributed by atoms with E-state index in [0.29, 0.717) is 12.0 Å². The van der Waals surface area contributed by atoms with Crippen LogP contribution in [0.2, 0.25) is 0 Å². The smallest absolute Gasteiger partial charge is 0.258 e. The Morgan fingerprint density at radius 1 is 1.10 bits per heavy atom. The molecule has 0 aliphatic carbocycles. The molecule has 148 valence electrons. The van der Waals surface area contributed by atoms with Crippen LogP contribution < -0.4 is 9.62 Å². The number of benzene rings is 2. The number of nitrogens with zero attached hydrogens (tertiary/aromatic N) is 2. The van der Waals surface area contributed by atoms with Crippen molar-refractivity contribution in [3.05, 3.63) is 89.7 Å². The number of hydrogen-bond donors (Lipinski definition) is 1. The highest BCUT2D eigenvalue weighted by molar-refractivity contribution is 7.89. The van der Waals surface area contributed by atoms with E-state index in [1.54, 1.807) is 59.8 Å². The molecule has 3 aromatic rings. The maximum Gasteiger partial charge on any atom is 0.258 e. The number of hydrogen-bond acceptors (Lipinski definition) is 4. The van der Waals surface area contributed by atoms with Gasteiger partial charge in [-0.25, -0.2) is 13.1 Å². The predicted molar refractivity (Wildman–Crippen MR) is 111 cm³/mol. The number of rotatable bonds is 5. The fourth-order valence-electron chi connectivity index (χ4n) is 3.57. The average Bonchev–Trinajstić information content (AvgIpc) is 3.08. The van der Waals surface area contributed by atoms with Gasteiger partial charge in [-0.3, -0.25) is 9.78 Å². The predicted octanol–water partition coefficient (Wildman–Crippen LogP) is 3.15. The summed E-state index contributed by atoms with van der Waals surface area (Å²) in [5.74, 6) is -0.0803. The minimum absolute atomic E-state index is 0.0413. The molecular formula is C22H21N3O3S. The molecular weight excluding hydrogens is 386 g/mol. The second-order valence-corrected chi connectivity index (χ2v) is 8.83. The molecule has 1 unspecified atom stereocenters. The normalized spacial score (nSPS) is 15.9. The lowest BCUT2D eigenvalue weighted by Gasteiger charge is -2.23. The van der Waals surface area contributed by atoms with Gasteiger partial charge in [0.05, 0.1) is 4.90 Å². The van der Waals surface area contributed by atoms with Crippen molar-refractivity contribution in [3.8, 4) is 0 Å². The van der Waals surface area contributed by atoms with Crippen LogP contribution in [0.1, 0.15) is 28.4 Å². The van der Waals surface area contributed by atoms with Gasteiger partial charge in [0.25, 0.3) is 5.91 Å². The molecule has 2 aromatic carbocycles. The summed E-state index contributed by atoms with van der Waals surface area (Å²) in [6.07, 6.45) is 3.86. The van der Waals surface area contributed by atoms with Crippen molar-refractivity contribution >= 4 is 21.6 Å². The van der Waals surface area contributed by atoms with Crippen LogP contribution in [-0.2, 0) is 23.0 Å². The number of fused-ring (bicyclic) bond motifs is 1. The zero-order valence-corrected chi connectivity index (χ0v) is 16.8. The summed E-state index contributed by atoms with van der Waals surface area (Å²) in [5, 5.41) is 0. The molecule has 1 N–H and O–H groups in total. The highest BCUT2D eigenvalue weighted by Gasteiger charge is 2.32. The molecule has 0 radical (unpaired) electrons. The zero-order valence-electron chi connectivity index (χ0n) is 15.9. The maximum absolute atomic E-state index is 13.0. The molecule has 6 nitrogen and oxygen atoms in total. The maximum atomic E-state index is 13.0. The molecule has 0 saturated carbocycles. The van der Waals surface area contributed by atoms with E-state index < -0.39 is 10.0 Å². The molecule has 29 heavy (non-hydrogen) atoms. The highest BCUT2D eigenvalue weighted by atomic mass is 32.2. The Hall–Kier alpha value is -3.03. The van der Waals surface area contributed by atoms with Crippen molar-refractivity contribution in [2.24, 2.45) is 0 Å². The summed E-state index contributed by atoms with van der Waals surface area (Å²) in [7, 11) is -3.66. The molecule has 1 aliphatic rings. The van der Waals surface area contributed by atoms with Crippen molar-refractivity contribution in [1.29, 1.82) is 0 Å². The quantitative estimate of drug-likeness (QED) is 0.705. The van der Waals surface area contributed by atoms with Crippen molar-refractivity contribution in [2.45, 2.75) is 30.8 Å². The molecule has 4 rings (SSSR count). The molecule has 1 aliphatic heterocycles. The van der Waals surface area contributed by atoms with Gasteiger partial charge in [-0.05, 0) is 66.9 Å². The van der Waals surface area contributed by atoms with Gasteiger partial charge in [-0.2, -0.15) is 0 Å². The number of sulfonamides is 1. The second-order valence-electron chi connectivity index (χ2n) is 7.06. The fraction of sp³-hybridized carbons (Fsp3) is 0.182. The van der Waals surface area contributed by atoms with Crippen molar-refractivity contribution in [3.63, 3.8) is 0 Å². The van der Waals surface area contributed by atoms with Crippen molar-refractivity contribution < 1.29 is 13.2 Å². The van der Waals surface area contributed by atoms with Crippen LogP contribution in [0.4, 0.5) is 5.69 Å². The number of carbonyl (C=O) groups is 1. The topological polar surface area (TPSA) is 79.4 Å². The Labute approximate surface area is 170 Å². The van der Waals surface area contributed by atoms with Crippen molar-refractivity contribution in [2.75, 3.05) is 4.90 Å². The lowest BCUT2D eigenvalue weighted by atomic mass is 10.1. The third kappa shape index (κ3) is 3.92. The van der Waals surface area contributed by atoms with Gasteiger partial charge >= 0.3 is 0 Å². The third-order valence-electron chi connectivity index (χ3n) is 5.03. The van der Waals surface area contributed by atoms with Gasteiger partial charge in [-0.1, -0.05) is 18.2 Å². The van der Waals surface area contributed by atoms with E-state index in [4.69, 9.17) is 0 Å². The van der Waals surface area contributed by atoms with Crippen molar-refractivity contribution in [1.82, 2.24) is 9.71 Å². The Morgan fingerprint density at radius 2 is 1.83 bits per heavy atom. The van der Waals surface area contributed by atoms with Crippen LogP contribution in [0.5, 0.6) is 0 Å². The summed E-state index contributed by atoms with van der Waals surface area (Å²) in [6.45, 7) is 2.16.